The molecule has 1 fully saturated rings. The second-order valence-corrected chi connectivity index (χ2v) is 5.10. The molecule has 0 aromatic carbocycles. The van der Waals surface area contributed by atoms with Gasteiger partial charge in [0.15, 0.2) is 5.82 Å². The van der Waals surface area contributed by atoms with E-state index < -0.39 is 0 Å². The van der Waals surface area contributed by atoms with Crippen LogP contribution in [-0.2, 0) is 6.54 Å². The molecule has 1 aromatic rings. The fourth-order valence-electron chi connectivity index (χ4n) is 2.80. The van der Waals surface area contributed by atoms with Crippen molar-refractivity contribution in [1.82, 2.24) is 20.1 Å². The molecule has 2 aliphatic heterocycles. The average Bonchev–Trinajstić information content (AvgIpc) is 2.76. The first kappa shape index (κ1) is 10.3. The Balaban J connectivity index is 1.85. The van der Waals surface area contributed by atoms with Crippen molar-refractivity contribution in [2.24, 2.45) is 0 Å². The van der Waals surface area contributed by atoms with Gasteiger partial charge in [0.05, 0.1) is 6.04 Å². The summed E-state index contributed by atoms with van der Waals surface area (Å²) in [5.74, 6) is 2.82. The van der Waals surface area contributed by atoms with E-state index >= 15 is 0 Å². The van der Waals surface area contributed by atoms with Crippen LogP contribution in [0.5, 0.6) is 0 Å². The monoisotopic (exact) mass is 220 g/mol. The molecule has 2 unspecified atom stereocenters. The van der Waals surface area contributed by atoms with Crippen molar-refractivity contribution in [3.05, 3.63) is 11.6 Å². The van der Waals surface area contributed by atoms with E-state index in [2.05, 4.69) is 22.0 Å². The molecule has 1 N–H and O–H groups in total. The third-order valence-corrected chi connectivity index (χ3v) is 3.79. The van der Waals surface area contributed by atoms with E-state index in [4.69, 9.17) is 4.98 Å². The van der Waals surface area contributed by atoms with E-state index in [-0.39, 0.29) is 0 Å². The maximum Gasteiger partial charge on any atom is 0.167 e. The van der Waals surface area contributed by atoms with Gasteiger partial charge in [-0.2, -0.15) is 5.10 Å². The largest absolute Gasteiger partial charge is 0.307 e. The second kappa shape index (κ2) is 4.17. The van der Waals surface area contributed by atoms with E-state index in [9.17, 15) is 0 Å². The SMILES string of the molecule is CC1CCCn2nc(C3CCCCN3)nc21. The number of nitrogens with one attached hydrogen (secondary N) is 1. The molecule has 1 aromatic heterocycles. The summed E-state index contributed by atoms with van der Waals surface area (Å²) in [6, 6.07) is 0.402. The molecule has 4 heteroatoms. The Morgan fingerprint density at radius 3 is 2.94 bits per heavy atom. The number of aryl methyl sites for hydroxylation is 1. The van der Waals surface area contributed by atoms with Gasteiger partial charge in [0.1, 0.15) is 5.82 Å². The summed E-state index contributed by atoms with van der Waals surface area (Å²) in [5.41, 5.74) is 0. The van der Waals surface area contributed by atoms with Gasteiger partial charge in [-0.25, -0.2) is 9.67 Å². The van der Waals surface area contributed by atoms with Gasteiger partial charge in [0.25, 0.3) is 0 Å². The van der Waals surface area contributed by atoms with Crippen LogP contribution >= 0.6 is 0 Å². The minimum absolute atomic E-state index is 0.402. The average molecular weight is 220 g/mol. The van der Waals surface area contributed by atoms with E-state index in [0.29, 0.717) is 12.0 Å². The van der Waals surface area contributed by atoms with Crippen molar-refractivity contribution in [3.8, 4) is 0 Å². The number of rotatable bonds is 1. The van der Waals surface area contributed by atoms with Crippen LogP contribution in [-0.4, -0.2) is 21.3 Å². The first-order valence-electron chi connectivity index (χ1n) is 6.52. The van der Waals surface area contributed by atoms with Crippen molar-refractivity contribution in [3.63, 3.8) is 0 Å². The second-order valence-electron chi connectivity index (χ2n) is 5.10. The molecule has 0 saturated carbocycles. The van der Waals surface area contributed by atoms with Crippen molar-refractivity contribution >= 4 is 0 Å². The van der Waals surface area contributed by atoms with Crippen LogP contribution in [0.1, 0.15) is 62.6 Å². The lowest BCUT2D eigenvalue weighted by Gasteiger charge is -2.20. The molecular weight excluding hydrogens is 200 g/mol. The predicted molar refractivity (Wildman–Crippen MR) is 62.3 cm³/mol. The lowest BCUT2D eigenvalue weighted by Crippen LogP contribution is -2.27. The van der Waals surface area contributed by atoms with Gasteiger partial charge in [0, 0.05) is 12.5 Å². The zero-order valence-electron chi connectivity index (χ0n) is 9.95. The van der Waals surface area contributed by atoms with Crippen LogP contribution in [0.2, 0.25) is 0 Å². The fourth-order valence-corrected chi connectivity index (χ4v) is 2.80. The summed E-state index contributed by atoms with van der Waals surface area (Å²) in [4.78, 5) is 4.74. The molecule has 4 nitrogen and oxygen atoms in total. The Morgan fingerprint density at radius 1 is 1.25 bits per heavy atom. The zero-order chi connectivity index (χ0) is 11.0. The highest BCUT2D eigenvalue weighted by Gasteiger charge is 2.25. The predicted octanol–water partition coefficient (Wildman–Crippen LogP) is 1.99. The number of fused-ring (bicyclic) bond motifs is 1. The first-order chi connectivity index (χ1) is 7.84. The fraction of sp³-hybridized carbons (Fsp3) is 0.833. The normalized spacial score (nSPS) is 30.1. The smallest absolute Gasteiger partial charge is 0.167 e. The van der Waals surface area contributed by atoms with Crippen molar-refractivity contribution in [2.45, 2.75) is 57.5 Å². The number of nitrogens with zero attached hydrogens (tertiary/aromatic N) is 3. The van der Waals surface area contributed by atoms with Crippen molar-refractivity contribution in [2.75, 3.05) is 6.54 Å². The summed E-state index contributed by atoms with van der Waals surface area (Å²) in [6.45, 7) is 4.43. The molecule has 2 atom stereocenters. The molecule has 0 radical (unpaired) electrons. The molecule has 3 heterocycles. The van der Waals surface area contributed by atoms with Crippen LogP contribution < -0.4 is 5.32 Å². The van der Waals surface area contributed by atoms with Gasteiger partial charge in [-0.1, -0.05) is 13.3 Å². The topological polar surface area (TPSA) is 42.7 Å². The van der Waals surface area contributed by atoms with Gasteiger partial charge in [-0.15, -0.1) is 0 Å². The van der Waals surface area contributed by atoms with Crippen LogP contribution in [0.25, 0.3) is 0 Å². The summed E-state index contributed by atoms with van der Waals surface area (Å²) in [7, 11) is 0. The lowest BCUT2D eigenvalue weighted by molar-refractivity contribution is 0.392. The molecule has 3 rings (SSSR count). The van der Waals surface area contributed by atoms with E-state index in [0.717, 1.165) is 18.9 Å². The number of hydrogen-bond acceptors (Lipinski definition) is 3. The molecule has 0 spiro atoms. The van der Waals surface area contributed by atoms with Crippen LogP contribution in [0, 0.1) is 0 Å². The Morgan fingerprint density at radius 2 is 2.19 bits per heavy atom. The third-order valence-electron chi connectivity index (χ3n) is 3.79. The lowest BCUT2D eigenvalue weighted by atomic mass is 10.0. The van der Waals surface area contributed by atoms with Gasteiger partial charge in [0.2, 0.25) is 0 Å². The molecule has 1 saturated heterocycles. The molecule has 0 amide bonds. The van der Waals surface area contributed by atoms with E-state index in [1.807, 2.05) is 0 Å². The molecule has 0 bridgehead atoms. The zero-order valence-corrected chi connectivity index (χ0v) is 9.95. The van der Waals surface area contributed by atoms with Gasteiger partial charge >= 0.3 is 0 Å². The highest BCUT2D eigenvalue weighted by atomic mass is 15.4. The van der Waals surface area contributed by atoms with Crippen molar-refractivity contribution in [1.29, 1.82) is 0 Å². The number of piperidine rings is 1. The summed E-state index contributed by atoms with van der Waals surface area (Å²) in [5, 5.41) is 8.19. The van der Waals surface area contributed by atoms with Crippen LogP contribution in [0.3, 0.4) is 0 Å². The van der Waals surface area contributed by atoms with Crippen LogP contribution in [0.15, 0.2) is 0 Å². The molecule has 2 aliphatic rings. The van der Waals surface area contributed by atoms with Gasteiger partial charge in [-0.3, -0.25) is 0 Å². The van der Waals surface area contributed by atoms with Crippen LogP contribution in [0.4, 0.5) is 0 Å². The Kier molecular flexibility index (Phi) is 2.67. The van der Waals surface area contributed by atoms with Gasteiger partial charge < -0.3 is 5.32 Å². The highest BCUT2D eigenvalue weighted by Crippen LogP contribution is 2.27. The number of aromatic nitrogens is 3. The molecule has 16 heavy (non-hydrogen) atoms. The minimum Gasteiger partial charge on any atom is -0.307 e. The molecule has 0 aliphatic carbocycles. The number of hydrogen-bond donors (Lipinski definition) is 1. The third kappa shape index (κ3) is 1.75. The quantitative estimate of drug-likeness (QED) is 0.787. The Hall–Kier alpha value is -0.900. The molecule has 88 valence electrons. The van der Waals surface area contributed by atoms with E-state index in [1.54, 1.807) is 0 Å². The van der Waals surface area contributed by atoms with E-state index in [1.165, 1.54) is 37.9 Å². The Bertz CT molecular complexity index is 365. The minimum atomic E-state index is 0.402. The standard InChI is InChI=1S/C12H20N4/c1-9-5-4-8-16-12(9)14-11(15-16)10-6-2-3-7-13-10/h9-10,13H,2-8H2,1H3. The van der Waals surface area contributed by atoms with Gasteiger partial charge in [-0.05, 0) is 32.2 Å². The summed E-state index contributed by atoms with van der Waals surface area (Å²) < 4.78 is 2.12. The first-order valence-corrected chi connectivity index (χ1v) is 6.52. The maximum absolute atomic E-state index is 4.74. The molecular formula is C12H20N4. The van der Waals surface area contributed by atoms with Crippen molar-refractivity contribution < 1.29 is 0 Å². The highest BCUT2D eigenvalue weighted by molar-refractivity contribution is 5.05. The summed E-state index contributed by atoms with van der Waals surface area (Å²) >= 11 is 0. The summed E-state index contributed by atoms with van der Waals surface area (Å²) in [6.07, 6.45) is 6.29. The Labute approximate surface area is 96.4 Å². The maximum atomic E-state index is 4.74.